The molecule has 3 heterocycles. The summed E-state index contributed by atoms with van der Waals surface area (Å²) in [5.41, 5.74) is 0.344. The molecule has 96 valence electrons. The summed E-state index contributed by atoms with van der Waals surface area (Å²) in [5, 5.41) is 5.84. The third kappa shape index (κ3) is 2.03. The minimum Gasteiger partial charge on any atom is -0.373 e. The highest BCUT2D eigenvalue weighted by Crippen LogP contribution is 2.34. The second kappa shape index (κ2) is 4.53. The number of rotatable bonds is 3. The van der Waals surface area contributed by atoms with Crippen LogP contribution in [0.5, 0.6) is 0 Å². The number of ether oxygens (including phenoxy) is 1. The number of hydrogen-bond donors (Lipinski definition) is 2. The molecule has 1 aromatic rings. The SMILES string of the molecule is CNc1cnc(C(=O)NC2CC3CCC2O3)cn1. The highest BCUT2D eigenvalue weighted by atomic mass is 16.5. The molecule has 1 amide bonds. The van der Waals surface area contributed by atoms with E-state index in [2.05, 4.69) is 20.6 Å². The van der Waals surface area contributed by atoms with E-state index in [-0.39, 0.29) is 18.1 Å². The lowest BCUT2D eigenvalue weighted by Crippen LogP contribution is -2.41. The van der Waals surface area contributed by atoms with Crippen molar-refractivity contribution in [3.8, 4) is 0 Å². The van der Waals surface area contributed by atoms with E-state index < -0.39 is 0 Å². The van der Waals surface area contributed by atoms with E-state index in [1.807, 2.05) is 0 Å². The first kappa shape index (κ1) is 11.4. The van der Waals surface area contributed by atoms with Gasteiger partial charge in [0.15, 0.2) is 0 Å². The van der Waals surface area contributed by atoms with Crippen LogP contribution in [0.25, 0.3) is 0 Å². The predicted octanol–water partition coefficient (Wildman–Crippen LogP) is 0.568. The number of amides is 1. The molecule has 0 spiro atoms. The van der Waals surface area contributed by atoms with Gasteiger partial charge in [-0.3, -0.25) is 4.79 Å². The minimum absolute atomic E-state index is 0.127. The number of carbonyl (C=O) groups is 1. The van der Waals surface area contributed by atoms with Crippen molar-refractivity contribution in [3.05, 3.63) is 18.1 Å². The van der Waals surface area contributed by atoms with Gasteiger partial charge < -0.3 is 15.4 Å². The summed E-state index contributed by atoms with van der Waals surface area (Å²) in [4.78, 5) is 20.1. The molecule has 3 atom stereocenters. The van der Waals surface area contributed by atoms with Gasteiger partial charge in [-0.1, -0.05) is 0 Å². The first-order chi connectivity index (χ1) is 8.76. The van der Waals surface area contributed by atoms with Crippen LogP contribution >= 0.6 is 0 Å². The molecule has 0 aromatic carbocycles. The fourth-order valence-electron chi connectivity index (χ4n) is 2.61. The summed E-state index contributed by atoms with van der Waals surface area (Å²) in [5.74, 6) is 0.473. The maximum absolute atomic E-state index is 12.0. The van der Waals surface area contributed by atoms with Crippen LogP contribution < -0.4 is 10.6 Å². The van der Waals surface area contributed by atoms with Crippen molar-refractivity contribution in [1.82, 2.24) is 15.3 Å². The van der Waals surface area contributed by atoms with E-state index in [1.54, 1.807) is 13.2 Å². The van der Waals surface area contributed by atoms with Gasteiger partial charge in [0.2, 0.25) is 0 Å². The fraction of sp³-hybridized carbons (Fsp3) is 0.583. The highest BCUT2D eigenvalue weighted by Gasteiger charge is 2.41. The largest absolute Gasteiger partial charge is 0.373 e. The van der Waals surface area contributed by atoms with E-state index >= 15 is 0 Å². The van der Waals surface area contributed by atoms with Gasteiger partial charge in [0.05, 0.1) is 30.6 Å². The van der Waals surface area contributed by atoms with Crippen molar-refractivity contribution >= 4 is 11.7 Å². The number of fused-ring (bicyclic) bond motifs is 2. The quantitative estimate of drug-likeness (QED) is 0.817. The number of hydrogen-bond acceptors (Lipinski definition) is 5. The van der Waals surface area contributed by atoms with Crippen LogP contribution in [0.2, 0.25) is 0 Å². The molecule has 18 heavy (non-hydrogen) atoms. The Labute approximate surface area is 105 Å². The first-order valence-electron chi connectivity index (χ1n) is 6.22. The van der Waals surface area contributed by atoms with E-state index in [1.165, 1.54) is 6.20 Å². The zero-order valence-corrected chi connectivity index (χ0v) is 10.2. The molecule has 3 rings (SSSR count). The number of aromatic nitrogens is 2. The summed E-state index contributed by atoms with van der Waals surface area (Å²) in [6.07, 6.45) is 6.62. The molecule has 2 fully saturated rings. The average molecular weight is 248 g/mol. The second-order valence-corrected chi connectivity index (χ2v) is 4.73. The van der Waals surface area contributed by atoms with E-state index in [4.69, 9.17) is 4.74 Å². The van der Waals surface area contributed by atoms with Crippen molar-refractivity contribution in [2.45, 2.75) is 37.5 Å². The van der Waals surface area contributed by atoms with Crippen molar-refractivity contribution in [1.29, 1.82) is 0 Å². The predicted molar refractivity (Wildman–Crippen MR) is 65.3 cm³/mol. The Morgan fingerprint density at radius 2 is 2.28 bits per heavy atom. The van der Waals surface area contributed by atoms with Crippen LogP contribution in [0.15, 0.2) is 12.4 Å². The molecule has 2 aliphatic heterocycles. The van der Waals surface area contributed by atoms with Gasteiger partial charge in [-0.2, -0.15) is 0 Å². The number of carbonyl (C=O) groups excluding carboxylic acids is 1. The Hall–Kier alpha value is -1.69. The lowest BCUT2D eigenvalue weighted by Gasteiger charge is -2.19. The van der Waals surface area contributed by atoms with Gasteiger partial charge in [-0.25, -0.2) is 9.97 Å². The minimum atomic E-state index is -0.175. The van der Waals surface area contributed by atoms with E-state index in [0.29, 0.717) is 17.6 Å². The number of anilines is 1. The fourth-order valence-corrected chi connectivity index (χ4v) is 2.61. The van der Waals surface area contributed by atoms with E-state index in [9.17, 15) is 4.79 Å². The van der Waals surface area contributed by atoms with Crippen LogP contribution in [-0.4, -0.2) is 41.2 Å². The normalized spacial score (nSPS) is 29.3. The van der Waals surface area contributed by atoms with Gasteiger partial charge in [-0.15, -0.1) is 0 Å². The summed E-state index contributed by atoms with van der Waals surface area (Å²) in [6, 6.07) is 0.127. The Bertz CT molecular complexity index is 448. The van der Waals surface area contributed by atoms with E-state index in [0.717, 1.165) is 19.3 Å². The standard InChI is InChI=1S/C12H16N4O2/c1-13-11-6-14-9(5-15-11)12(17)16-8-4-7-2-3-10(8)18-7/h5-8,10H,2-4H2,1H3,(H,13,15)(H,16,17). The van der Waals surface area contributed by atoms with Gasteiger partial charge in [-0.05, 0) is 19.3 Å². The summed E-state index contributed by atoms with van der Waals surface area (Å²) < 4.78 is 5.70. The average Bonchev–Trinajstić information content (AvgIpc) is 3.01. The third-order valence-corrected chi connectivity index (χ3v) is 3.56. The van der Waals surface area contributed by atoms with Crippen LogP contribution in [0, 0.1) is 0 Å². The monoisotopic (exact) mass is 248 g/mol. The lowest BCUT2D eigenvalue weighted by molar-refractivity contribution is 0.0837. The van der Waals surface area contributed by atoms with Crippen molar-refractivity contribution in [2.75, 3.05) is 12.4 Å². The Morgan fingerprint density at radius 1 is 1.39 bits per heavy atom. The van der Waals surface area contributed by atoms with Crippen LogP contribution in [0.1, 0.15) is 29.8 Å². The van der Waals surface area contributed by atoms with Gasteiger partial charge in [0, 0.05) is 7.05 Å². The molecule has 6 heteroatoms. The number of nitrogens with one attached hydrogen (secondary N) is 2. The van der Waals surface area contributed by atoms with Crippen LogP contribution in [-0.2, 0) is 4.74 Å². The zero-order chi connectivity index (χ0) is 12.5. The molecular weight excluding hydrogens is 232 g/mol. The number of nitrogens with zero attached hydrogens (tertiary/aromatic N) is 2. The smallest absolute Gasteiger partial charge is 0.271 e. The summed E-state index contributed by atoms with van der Waals surface area (Å²) >= 11 is 0. The topological polar surface area (TPSA) is 76.1 Å². The molecule has 0 aliphatic carbocycles. The Balaban J connectivity index is 1.64. The third-order valence-electron chi connectivity index (χ3n) is 3.56. The highest BCUT2D eigenvalue weighted by molar-refractivity contribution is 5.92. The molecule has 0 saturated carbocycles. The molecule has 1 aromatic heterocycles. The maximum Gasteiger partial charge on any atom is 0.271 e. The molecule has 2 bridgehead atoms. The van der Waals surface area contributed by atoms with Crippen LogP contribution in [0.4, 0.5) is 5.82 Å². The molecule has 2 saturated heterocycles. The molecule has 2 aliphatic rings. The molecule has 3 unspecified atom stereocenters. The molecule has 0 radical (unpaired) electrons. The van der Waals surface area contributed by atoms with Crippen LogP contribution in [0.3, 0.4) is 0 Å². The molecule has 6 nitrogen and oxygen atoms in total. The van der Waals surface area contributed by atoms with Crippen molar-refractivity contribution in [3.63, 3.8) is 0 Å². The van der Waals surface area contributed by atoms with Crippen molar-refractivity contribution in [2.24, 2.45) is 0 Å². The first-order valence-corrected chi connectivity index (χ1v) is 6.22. The maximum atomic E-state index is 12.0. The van der Waals surface area contributed by atoms with Crippen molar-refractivity contribution < 1.29 is 9.53 Å². The van der Waals surface area contributed by atoms with Gasteiger partial charge >= 0.3 is 0 Å². The summed E-state index contributed by atoms with van der Waals surface area (Å²) in [7, 11) is 1.76. The summed E-state index contributed by atoms with van der Waals surface area (Å²) in [6.45, 7) is 0. The van der Waals surface area contributed by atoms with Gasteiger partial charge in [0.1, 0.15) is 11.5 Å². The zero-order valence-electron chi connectivity index (χ0n) is 10.2. The molecular formula is C12H16N4O2. The Morgan fingerprint density at radius 3 is 2.83 bits per heavy atom. The second-order valence-electron chi connectivity index (χ2n) is 4.73. The Kier molecular flexibility index (Phi) is 2.87. The molecule has 2 N–H and O–H groups in total. The van der Waals surface area contributed by atoms with Gasteiger partial charge in [0.25, 0.3) is 5.91 Å². The lowest BCUT2D eigenvalue weighted by atomic mass is 9.95.